The van der Waals surface area contributed by atoms with Crippen LogP contribution in [0.25, 0.3) is 0 Å². The molecule has 0 bridgehead atoms. The summed E-state index contributed by atoms with van der Waals surface area (Å²) in [7, 11) is 4.01. The van der Waals surface area contributed by atoms with Gasteiger partial charge >= 0.3 is 0 Å². The SMILES string of the molecule is CN(C)/C=C/C=C1\CCCCCCCCCCCCC1=O. The van der Waals surface area contributed by atoms with E-state index in [-0.39, 0.29) is 0 Å². The second-order valence-corrected chi connectivity index (χ2v) is 6.46. The molecule has 21 heavy (non-hydrogen) atoms. The monoisotopic (exact) mass is 291 g/mol. The van der Waals surface area contributed by atoms with Crippen LogP contribution in [0.15, 0.2) is 23.9 Å². The van der Waals surface area contributed by atoms with Crippen LogP contribution in [0.3, 0.4) is 0 Å². The second-order valence-electron chi connectivity index (χ2n) is 6.46. The largest absolute Gasteiger partial charge is 0.383 e. The van der Waals surface area contributed by atoms with Gasteiger partial charge in [-0.15, -0.1) is 0 Å². The highest BCUT2D eigenvalue weighted by atomic mass is 16.1. The predicted octanol–water partition coefficient (Wildman–Crippen LogP) is 5.25. The fourth-order valence-corrected chi connectivity index (χ4v) is 2.82. The van der Waals surface area contributed by atoms with E-state index in [1.54, 1.807) is 0 Å². The minimum absolute atomic E-state index is 0.371. The summed E-state index contributed by atoms with van der Waals surface area (Å²) in [6.45, 7) is 0. The van der Waals surface area contributed by atoms with Crippen LogP contribution in [-0.4, -0.2) is 24.8 Å². The smallest absolute Gasteiger partial charge is 0.158 e. The van der Waals surface area contributed by atoms with Crippen molar-refractivity contribution in [1.29, 1.82) is 0 Å². The van der Waals surface area contributed by atoms with Crippen molar-refractivity contribution in [3.05, 3.63) is 23.9 Å². The Labute approximate surface area is 131 Å². The first-order valence-corrected chi connectivity index (χ1v) is 8.77. The van der Waals surface area contributed by atoms with Gasteiger partial charge < -0.3 is 4.90 Å². The molecule has 0 aromatic rings. The highest BCUT2D eigenvalue weighted by molar-refractivity contribution is 5.95. The van der Waals surface area contributed by atoms with E-state index in [4.69, 9.17) is 0 Å². The average Bonchev–Trinajstić information content (AvgIpc) is 2.45. The summed E-state index contributed by atoms with van der Waals surface area (Å²) in [4.78, 5) is 14.3. The van der Waals surface area contributed by atoms with Gasteiger partial charge in [0.15, 0.2) is 5.78 Å². The van der Waals surface area contributed by atoms with Crippen LogP contribution >= 0.6 is 0 Å². The molecule has 0 atom stereocenters. The van der Waals surface area contributed by atoms with Gasteiger partial charge in [0.25, 0.3) is 0 Å². The molecule has 2 nitrogen and oxygen atoms in total. The molecule has 0 aliphatic heterocycles. The Morgan fingerprint density at radius 1 is 0.762 bits per heavy atom. The molecular formula is C19H33NO. The first-order valence-electron chi connectivity index (χ1n) is 8.77. The van der Waals surface area contributed by atoms with Crippen LogP contribution in [0.4, 0.5) is 0 Å². The van der Waals surface area contributed by atoms with Crippen LogP contribution in [0.5, 0.6) is 0 Å². The Kier molecular flexibility index (Phi) is 9.94. The van der Waals surface area contributed by atoms with Gasteiger partial charge in [0.2, 0.25) is 0 Å². The van der Waals surface area contributed by atoms with Crippen molar-refractivity contribution in [2.45, 2.75) is 77.0 Å². The minimum Gasteiger partial charge on any atom is -0.383 e. The van der Waals surface area contributed by atoms with E-state index < -0.39 is 0 Å². The van der Waals surface area contributed by atoms with E-state index in [1.165, 1.54) is 51.4 Å². The van der Waals surface area contributed by atoms with Gasteiger partial charge in [-0.05, 0) is 37.1 Å². The van der Waals surface area contributed by atoms with Crippen LogP contribution in [0, 0.1) is 0 Å². The fourth-order valence-electron chi connectivity index (χ4n) is 2.82. The van der Waals surface area contributed by atoms with Crippen LogP contribution < -0.4 is 0 Å². The summed E-state index contributed by atoms with van der Waals surface area (Å²) in [5.41, 5.74) is 1.03. The molecule has 0 spiro atoms. The molecule has 1 aliphatic rings. The molecule has 0 heterocycles. The average molecular weight is 291 g/mol. The van der Waals surface area contributed by atoms with Crippen molar-refractivity contribution in [3.8, 4) is 0 Å². The van der Waals surface area contributed by atoms with Gasteiger partial charge in [-0.3, -0.25) is 4.79 Å². The number of carbonyl (C=O) groups is 1. The summed E-state index contributed by atoms with van der Waals surface area (Å²) < 4.78 is 0. The molecule has 0 unspecified atom stereocenters. The Hall–Kier alpha value is -1.05. The summed E-state index contributed by atoms with van der Waals surface area (Å²) in [5, 5.41) is 0. The first kappa shape index (κ1) is 18.0. The maximum Gasteiger partial charge on any atom is 0.158 e. The second kappa shape index (κ2) is 11.6. The number of hydrogen-bond donors (Lipinski definition) is 0. The molecular weight excluding hydrogens is 258 g/mol. The molecule has 2 heteroatoms. The third-order valence-electron chi connectivity index (χ3n) is 4.14. The Bertz CT molecular complexity index is 341. The normalized spacial score (nSPS) is 22.4. The fraction of sp³-hybridized carbons (Fsp3) is 0.737. The zero-order chi connectivity index (χ0) is 15.3. The lowest BCUT2D eigenvalue weighted by Crippen LogP contribution is -2.04. The maximum atomic E-state index is 12.3. The van der Waals surface area contributed by atoms with Crippen LogP contribution in [0.1, 0.15) is 77.0 Å². The van der Waals surface area contributed by atoms with E-state index in [9.17, 15) is 4.79 Å². The van der Waals surface area contributed by atoms with Crippen LogP contribution in [-0.2, 0) is 4.79 Å². The lowest BCUT2D eigenvalue weighted by atomic mass is 9.96. The molecule has 1 rings (SSSR count). The van der Waals surface area contributed by atoms with Gasteiger partial charge in [-0.1, -0.05) is 57.4 Å². The van der Waals surface area contributed by atoms with Crippen molar-refractivity contribution in [2.24, 2.45) is 0 Å². The van der Waals surface area contributed by atoms with Gasteiger partial charge in [0, 0.05) is 20.5 Å². The molecule has 120 valence electrons. The van der Waals surface area contributed by atoms with Crippen molar-refractivity contribution >= 4 is 5.78 Å². The summed E-state index contributed by atoms with van der Waals surface area (Å²) in [5.74, 6) is 0.371. The molecule has 1 saturated carbocycles. The third kappa shape index (κ3) is 9.49. The van der Waals surface area contributed by atoms with E-state index in [0.717, 1.165) is 31.3 Å². The molecule has 0 amide bonds. The Morgan fingerprint density at radius 2 is 1.24 bits per heavy atom. The number of ketones is 1. The van der Waals surface area contributed by atoms with E-state index >= 15 is 0 Å². The zero-order valence-electron chi connectivity index (χ0n) is 14.1. The molecule has 0 aromatic heterocycles. The molecule has 0 N–H and O–H groups in total. The summed E-state index contributed by atoms with van der Waals surface area (Å²) in [6.07, 6.45) is 20.6. The molecule has 0 aromatic carbocycles. The third-order valence-corrected chi connectivity index (χ3v) is 4.14. The number of Topliss-reactive ketones (excluding diaryl/α,β-unsaturated/α-hetero) is 1. The van der Waals surface area contributed by atoms with E-state index in [2.05, 4.69) is 0 Å². The summed E-state index contributed by atoms with van der Waals surface area (Å²) >= 11 is 0. The molecule has 0 saturated heterocycles. The number of allylic oxidation sites excluding steroid dienone is 3. The van der Waals surface area contributed by atoms with E-state index in [1.807, 2.05) is 37.3 Å². The van der Waals surface area contributed by atoms with E-state index in [0.29, 0.717) is 5.78 Å². The van der Waals surface area contributed by atoms with Crippen molar-refractivity contribution < 1.29 is 4.79 Å². The first-order chi connectivity index (χ1) is 10.2. The summed E-state index contributed by atoms with van der Waals surface area (Å²) in [6, 6.07) is 0. The number of carbonyl (C=O) groups excluding carboxylic acids is 1. The lowest BCUT2D eigenvalue weighted by molar-refractivity contribution is -0.115. The highest BCUT2D eigenvalue weighted by Gasteiger charge is 2.09. The standard InChI is InChI=1S/C19H33NO/c1-20(2)17-13-15-18-14-11-9-7-5-3-4-6-8-10-12-16-19(18)21/h13,15,17H,3-12,14,16H2,1-2H3/b17-13+,18-15+. The Morgan fingerprint density at radius 3 is 1.76 bits per heavy atom. The molecule has 1 fully saturated rings. The van der Waals surface area contributed by atoms with Crippen LogP contribution in [0.2, 0.25) is 0 Å². The minimum atomic E-state index is 0.371. The Balaban J connectivity index is 2.55. The quantitative estimate of drug-likeness (QED) is 0.647. The molecule has 1 aliphatic carbocycles. The number of nitrogens with zero attached hydrogens (tertiary/aromatic N) is 1. The molecule has 0 radical (unpaired) electrons. The van der Waals surface area contributed by atoms with Crippen molar-refractivity contribution in [3.63, 3.8) is 0 Å². The van der Waals surface area contributed by atoms with Crippen molar-refractivity contribution in [1.82, 2.24) is 4.90 Å². The highest BCUT2D eigenvalue weighted by Crippen LogP contribution is 2.18. The van der Waals surface area contributed by atoms with Gasteiger partial charge in [-0.25, -0.2) is 0 Å². The maximum absolute atomic E-state index is 12.3. The number of rotatable bonds is 2. The van der Waals surface area contributed by atoms with Gasteiger partial charge in [0.1, 0.15) is 0 Å². The number of hydrogen-bond acceptors (Lipinski definition) is 2. The van der Waals surface area contributed by atoms with Gasteiger partial charge in [0.05, 0.1) is 0 Å². The predicted molar refractivity (Wildman–Crippen MR) is 91.3 cm³/mol. The lowest BCUT2D eigenvalue weighted by Gasteiger charge is -2.09. The topological polar surface area (TPSA) is 20.3 Å². The van der Waals surface area contributed by atoms with Crippen molar-refractivity contribution in [2.75, 3.05) is 14.1 Å². The van der Waals surface area contributed by atoms with Gasteiger partial charge in [-0.2, -0.15) is 0 Å². The zero-order valence-corrected chi connectivity index (χ0v) is 14.1.